The summed E-state index contributed by atoms with van der Waals surface area (Å²) in [6.45, 7) is 4.90. The molecule has 0 N–H and O–H groups in total. The second-order valence-corrected chi connectivity index (χ2v) is 3.71. The van der Waals surface area contributed by atoms with E-state index in [1.807, 2.05) is 30.3 Å². The highest BCUT2D eigenvalue weighted by Gasteiger charge is 2.00. The molecule has 0 aliphatic rings. The number of nitriles is 1. The summed E-state index contributed by atoms with van der Waals surface area (Å²) in [5.41, 5.74) is 0.944. The van der Waals surface area contributed by atoms with Crippen molar-refractivity contribution in [3.8, 4) is 11.8 Å². The molecule has 0 atom stereocenters. The normalized spacial score (nSPS) is 10.5. The van der Waals surface area contributed by atoms with Crippen LogP contribution in [0.1, 0.15) is 19.4 Å². The maximum absolute atomic E-state index is 8.46. The third-order valence-electron chi connectivity index (χ3n) is 1.83. The maximum Gasteiger partial charge on any atom is 0.126 e. The molecule has 15 heavy (non-hydrogen) atoms. The van der Waals surface area contributed by atoms with Crippen LogP contribution in [-0.2, 0) is 0 Å². The zero-order valence-electron chi connectivity index (χ0n) is 9.10. The number of allylic oxidation sites excluding steroid dienone is 1. The largest absolute Gasteiger partial charge is 0.493 e. The predicted molar refractivity (Wildman–Crippen MR) is 61.4 cm³/mol. The third kappa shape index (κ3) is 3.86. The van der Waals surface area contributed by atoms with Crippen LogP contribution in [0.3, 0.4) is 0 Å². The molecule has 2 heteroatoms. The van der Waals surface area contributed by atoms with Crippen LogP contribution in [0, 0.1) is 17.2 Å². The molecule has 0 bridgehead atoms. The van der Waals surface area contributed by atoms with E-state index in [-0.39, 0.29) is 0 Å². The smallest absolute Gasteiger partial charge is 0.126 e. The molecule has 0 aliphatic heterocycles. The van der Waals surface area contributed by atoms with Gasteiger partial charge in [-0.3, -0.25) is 0 Å². The summed E-state index contributed by atoms with van der Waals surface area (Å²) < 4.78 is 5.63. The minimum absolute atomic E-state index is 0.498. The van der Waals surface area contributed by atoms with Gasteiger partial charge in [0.2, 0.25) is 0 Å². The van der Waals surface area contributed by atoms with Gasteiger partial charge in [-0.25, -0.2) is 0 Å². The van der Waals surface area contributed by atoms with Crippen molar-refractivity contribution in [3.05, 3.63) is 35.9 Å². The molecule has 0 fully saturated rings. The summed E-state index contributed by atoms with van der Waals surface area (Å²) in [5, 5.41) is 8.46. The van der Waals surface area contributed by atoms with Crippen molar-refractivity contribution in [2.45, 2.75) is 13.8 Å². The first-order chi connectivity index (χ1) is 7.24. The van der Waals surface area contributed by atoms with Gasteiger partial charge in [0.1, 0.15) is 5.75 Å². The molecule has 0 saturated heterocycles. The van der Waals surface area contributed by atoms with Crippen LogP contribution in [0.2, 0.25) is 0 Å². The first kappa shape index (κ1) is 11.3. The van der Waals surface area contributed by atoms with E-state index in [9.17, 15) is 0 Å². The van der Waals surface area contributed by atoms with Gasteiger partial charge >= 0.3 is 0 Å². The highest BCUT2D eigenvalue weighted by molar-refractivity contribution is 5.58. The van der Waals surface area contributed by atoms with Crippen LogP contribution >= 0.6 is 0 Å². The summed E-state index contributed by atoms with van der Waals surface area (Å²) in [6.07, 6.45) is 3.22. The number of hydrogen-bond acceptors (Lipinski definition) is 2. The molecule has 1 rings (SSSR count). The van der Waals surface area contributed by atoms with E-state index in [1.54, 1.807) is 6.08 Å². The van der Waals surface area contributed by atoms with Crippen molar-refractivity contribution in [3.63, 3.8) is 0 Å². The van der Waals surface area contributed by atoms with E-state index in [0.29, 0.717) is 12.5 Å². The van der Waals surface area contributed by atoms with Crippen LogP contribution < -0.4 is 4.74 Å². The monoisotopic (exact) mass is 201 g/mol. The van der Waals surface area contributed by atoms with E-state index in [4.69, 9.17) is 10.00 Å². The van der Waals surface area contributed by atoms with Crippen molar-refractivity contribution in [2.24, 2.45) is 5.92 Å². The van der Waals surface area contributed by atoms with Crippen LogP contribution in [-0.4, -0.2) is 6.61 Å². The Kier molecular flexibility index (Phi) is 4.43. The van der Waals surface area contributed by atoms with E-state index in [0.717, 1.165) is 11.3 Å². The highest BCUT2D eigenvalue weighted by Crippen LogP contribution is 2.19. The lowest BCUT2D eigenvalue weighted by atomic mass is 10.2. The summed E-state index contributed by atoms with van der Waals surface area (Å²) in [6, 6.07) is 9.68. The van der Waals surface area contributed by atoms with Gasteiger partial charge < -0.3 is 4.74 Å². The van der Waals surface area contributed by atoms with Crippen molar-refractivity contribution >= 4 is 6.08 Å². The topological polar surface area (TPSA) is 33.0 Å². The van der Waals surface area contributed by atoms with Crippen LogP contribution in [0.25, 0.3) is 6.08 Å². The second-order valence-electron chi connectivity index (χ2n) is 3.71. The molecular weight excluding hydrogens is 186 g/mol. The SMILES string of the molecule is CC(C)COc1ccccc1/C=C/C#N. The summed E-state index contributed by atoms with van der Waals surface area (Å²) in [5.74, 6) is 1.33. The van der Waals surface area contributed by atoms with Crippen molar-refractivity contribution in [1.82, 2.24) is 0 Å². The molecule has 0 unspecified atom stereocenters. The fourth-order valence-corrected chi connectivity index (χ4v) is 1.13. The van der Waals surface area contributed by atoms with E-state index < -0.39 is 0 Å². The minimum Gasteiger partial charge on any atom is -0.493 e. The Morgan fingerprint density at radius 1 is 1.40 bits per heavy atom. The van der Waals surface area contributed by atoms with Crippen molar-refractivity contribution in [1.29, 1.82) is 5.26 Å². The maximum atomic E-state index is 8.46. The Hall–Kier alpha value is -1.75. The lowest BCUT2D eigenvalue weighted by Crippen LogP contribution is -2.05. The average molecular weight is 201 g/mol. The molecule has 0 radical (unpaired) electrons. The third-order valence-corrected chi connectivity index (χ3v) is 1.83. The molecule has 1 aromatic rings. The van der Waals surface area contributed by atoms with Gasteiger partial charge in [-0.2, -0.15) is 5.26 Å². The number of rotatable bonds is 4. The lowest BCUT2D eigenvalue weighted by molar-refractivity contribution is 0.270. The first-order valence-electron chi connectivity index (χ1n) is 5.02. The van der Waals surface area contributed by atoms with Gasteiger partial charge in [-0.1, -0.05) is 32.0 Å². The molecule has 2 nitrogen and oxygen atoms in total. The quantitative estimate of drug-likeness (QED) is 0.700. The molecule has 0 amide bonds. The Morgan fingerprint density at radius 3 is 2.80 bits per heavy atom. The summed E-state index contributed by atoms with van der Waals surface area (Å²) in [7, 11) is 0. The number of hydrogen-bond donors (Lipinski definition) is 0. The van der Waals surface area contributed by atoms with Crippen LogP contribution in [0.4, 0.5) is 0 Å². The van der Waals surface area contributed by atoms with Gasteiger partial charge in [-0.15, -0.1) is 0 Å². The minimum atomic E-state index is 0.498. The van der Waals surface area contributed by atoms with E-state index >= 15 is 0 Å². The van der Waals surface area contributed by atoms with Gasteiger partial charge in [0, 0.05) is 11.6 Å². The Morgan fingerprint density at radius 2 is 2.13 bits per heavy atom. The van der Waals surface area contributed by atoms with E-state index in [2.05, 4.69) is 13.8 Å². The average Bonchev–Trinajstić information content (AvgIpc) is 2.24. The molecule has 0 aromatic heterocycles. The Labute approximate surface area is 90.8 Å². The fourth-order valence-electron chi connectivity index (χ4n) is 1.13. The fraction of sp³-hybridized carbons (Fsp3) is 0.308. The molecule has 0 spiro atoms. The number of para-hydroxylation sites is 1. The molecule has 0 saturated carbocycles. The molecular formula is C13H15NO. The second kappa shape index (κ2) is 5.87. The number of nitrogens with zero attached hydrogens (tertiary/aromatic N) is 1. The van der Waals surface area contributed by atoms with Gasteiger partial charge in [-0.05, 0) is 18.1 Å². The number of benzene rings is 1. The van der Waals surface area contributed by atoms with Crippen molar-refractivity contribution in [2.75, 3.05) is 6.61 Å². The summed E-state index contributed by atoms with van der Waals surface area (Å²) >= 11 is 0. The van der Waals surface area contributed by atoms with Gasteiger partial charge in [0.25, 0.3) is 0 Å². The first-order valence-corrected chi connectivity index (χ1v) is 5.02. The standard InChI is InChI=1S/C13H15NO/c1-11(2)10-15-13-8-4-3-6-12(13)7-5-9-14/h3-8,11H,10H2,1-2H3/b7-5+. The summed E-state index contributed by atoms with van der Waals surface area (Å²) in [4.78, 5) is 0. The van der Waals surface area contributed by atoms with Crippen LogP contribution in [0.15, 0.2) is 30.3 Å². The Balaban J connectivity index is 2.78. The van der Waals surface area contributed by atoms with Crippen molar-refractivity contribution < 1.29 is 4.74 Å². The van der Waals surface area contributed by atoms with Gasteiger partial charge in [0.05, 0.1) is 12.7 Å². The molecule has 78 valence electrons. The number of ether oxygens (including phenoxy) is 1. The predicted octanol–water partition coefficient (Wildman–Crippen LogP) is 3.26. The van der Waals surface area contributed by atoms with Gasteiger partial charge in [0.15, 0.2) is 0 Å². The molecule has 1 aromatic carbocycles. The molecule has 0 heterocycles. The Bertz CT molecular complexity index is 374. The zero-order valence-corrected chi connectivity index (χ0v) is 9.10. The van der Waals surface area contributed by atoms with E-state index in [1.165, 1.54) is 6.08 Å². The van der Waals surface area contributed by atoms with Crippen LogP contribution in [0.5, 0.6) is 5.75 Å². The highest BCUT2D eigenvalue weighted by atomic mass is 16.5. The molecule has 0 aliphatic carbocycles. The lowest BCUT2D eigenvalue weighted by Gasteiger charge is -2.10. The zero-order chi connectivity index (χ0) is 11.1.